The van der Waals surface area contributed by atoms with Crippen LogP contribution >= 0.6 is 0 Å². The summed E-state index contributed by atoms with van der Waals surface area (Å²) >= 11 is 0. The third-order valence-electron chi connectivity index (χ3n) is 2.06. The Balaban J connectivity index is 2.94. The molecule has 1 amide bonds. The predicted octanol–water partition coefficient (Wildman–Crippen LogP) is 1.92. The maximum absolute atomic E-state index is 13.3. The second-order valence-electron chi connectivity index (χ2n) is 3.00. The number of carbonyl (C=O) groups excluding carboxylic acids is 1. The second-order valence-corrected chi connectivity index (χ2v) is 3.00. The molecule has 0 fully saturated rings. The molecule has 78 valence electrons. The monoisotopic (exact) mass is 205 g/mol. The maximum Gasteiger partial charge on any atom is 0.257 e. The van der Waals surface area contributed by atoms with E-state index in [1.54, 1.807) is 19.1 Å². The normalized spacial score (nSPS) is 9.40. The highest BCUT2D eigenvalue weighted by Gasteiger charge is 2.16. The SMILES string of the molecule is C#CCN(CC)C(=O)c1ccccc1F. The van der Waals surface area contributed by atoms with E-state index in [4.69, 9.17) is 6.42 Å². The zero-order chi connectivity index (χ0) is 11.3. The molecular formula is C12H12FNO. The summed E-state index contributed by atoms with van der Waals surface area (Å²) in [5.74, 6) is 1.49. The summed E-state index contributed by atoms with van der Waals surface area (Å²) in [6.07, 6.45) is 5.12. The van der Waals surface area contributed by atoms with E-state index in [9.17, 15) is 9.18 Å². The lowest BCUT2D eigenvalue weighted by atomic mass is 10.2. The molecule has 1 aromatic carbocycles. The molecule has 0 radical (unpaired) electrons. The van der Waals surface area contributed by atoms with Crippen LogP contribution in [0.5, 0.6) is 0 Å². The van der Waals surface area contributed by atoms with Gasteiger partial charge in [0.15, 0.2) is 0 Å². The van der Waals surface area contributed by atoms with Crippen LogP contribution in [0.15, 0.2) is 24.3 Å². The van der Waals surface area contributed by atoms with Gasteiger partial charge in [0.2, 0.25) is 0 Å². The number of amides is 1. The van der Waals surface area contributed by atoms with Crippen molar-refractivity contribution < 1.29 is 9.18 Å². The molecule has 0 N–H and O–H groups in total. The molecule has 0 atom stereocenters. The van der Waals surface area contributed by atoms with E-state index in [0.29, 0.717) is 6.54 Å². The Morgan fingerprint density at radius 1 is 1.53 bits per heavy atom. The predicted molar refractivity (Wildman–Crippen MR) is 56.8 cm³/mol. The van der Waals surface area contributed by atoms with Gasteiger partial charge < -0.3 is 4.90 Å². The van der Waals surface area contributed by atoms with E-state index in [1.165, 1.54) is 17.0 Å². The molecule has 0 spiro atoms. The van der Waals surface area contributed by atoms with Gasteiger partial charge in [0, 0.05) is 6.54 Å². The van der Waals surface area contributed by atoms with Crippen molar-refractivity contribution in [2.75, 3.05) is 13.1 Å². The third kappa shape index (κ3) is 2.57. The number of rotatable bonds is 3. The fourth-order valence-corrected chi connectivity index (χ4v) is 1.24. The van der Waals surface area contributed by atoms with Crippen molar-refractivity contribution in [3.05, 3.63) is 35.6 Å². The first-order valence-electron chi connectivity index (χ1n) is 4.68. The summed E-state index contributed by atoms with van der Waals surface area (Å²) in [6, 6.07) is 5.89. The van der Waals surface area contributed by atoms with Gasteiger partial charge in [-0.25, -0.2) is 4.39 Å². The number of terminal acetylenes is 1. The van der Waals surface area contributed by atoms with E-state index in [0.717, 1.165) is 0 Å². The molecule has 0 unspecified atom stereocenters. The first-order chi connectivity index (χ1) is 7.20. The fourth-order valence-electron chi connectivity index (χ4n) is 1.24. The number of hydrogen-bond donors (Lipinski definition) is 0. The standard InChI is InChI=1S/C12H12FNO/c1-3-9-14(4-2)12(15)10-7-5-6-8-11(10)13/h1,5-8H,4,9H2,2H3. The van der Waals surface area contributed by atoms with Gasteiger partial charge in [0.25, 0.3) is 5.91 Å². The van der Waals surface area contributed by atoms with E-state index in [1.807, 2.05) is 0 Å². The Morgan fingerprint density at radius 3 is 2.73 bits per heavy atom. The number of carbonyl (C=O) groups is 1. The average Bonchev–Trinajstić information content (AvgIpc) is 2.25. The van der Waals surface area contributed by atoms with Crippen LogP contribution in [0.4, 0.5) is 4.39 Å². The van der Waals surface area contributed by atoms with Crippen molar-refractivity contribution in [3.63, 3.8) is 0 Å². The molecule has 15 heavy (non-hydrogen) atoms. The summed E-state index contributed by atoms with van der Waals surface area (Å²) < 4.78 is 13.3. The van der Waals surface area contributed by atoms with Gasteiger partial charge in [-0.3, -0.25) is 4.79 Å². The molecule has 1 aromatic rings. The van der Waals surface area contributed by atoms with Gasteiger partial charge in [-0.1, -0.05) is 18.1 Å². The molecule has 0 heterocycles. The van der Waals surface area contributed by atoms with Crippen molar-refractivity contribution >= 4 is 5.91 Å². The van der Waals surface area contributed by atoms with E-state index >= 15 is 0 Å². The summed E-state index contributed by atoms with van der Waals surface area (Å²) in [7, 11) is 0. The molecular weight excluding hydrogens is 193 g/mol. The molecule has 2 nitrogen and oxygen atoms in total. The molecule has 0 saturated carbocycles. The van der Waals surface area contributed by atoms with Crippen LogP contribution in [-0.4, -0.2) is 23.9 Å². The lowest BCUT2D eigenvalue weighted by Crippen LogP contribution is -2.31. The number of benzene rings is 1. The molecule has 0 saturated heterocycles. The second kappa shape index (κ2) is 5.16. The first kappa shape index (κ1) is 11.3. The Morgan fingerprint density at radius 2 is 2.20 bits per heavy atom. The van der Waals surface area contributed by atoms with E-state index in [-0.39, 0.29) is 18.0 Å². The lowest BCUT2D eigenvalue weighted by Gasteiger charge is -2.18. The van der Waals surface area contributed by atoms with Gasteiger partial charge >= 0.3 is 0 Å². The van der Waals surface area contributed by atoms with Crippen LogP contribution in [-0.2, 0) is 0 Å². The number of halogens is 1. The highest BCUT2D eigenvalue weighted by atomic mass is 19.1. The summed E-state index contributed by atoms with van der Waals surface area (Å²) in [6.45, 7) is 2.47. The van der Waals surface area contributed by atoms with Gasteiger partial charge in [0.1, 0.15) is 5.82 Å². The molecule has 0 aliphatic rings. The topological polar surface area (TPSA) is 20.3 Å². The van der Waals surface area contributed by atoms with Crippen LogP contribution in [0.25, 0.3) is 0 Å². The minimum atomic E-state index is -0.516. The molecule has 0 aromatic heterocycles. The van der Waals surface area contributed by atoms with Gasteiger partial charge in [-0.2, -0.15) is 0 Å². The summed E-state index contributed by atoms with van der Waals surface area (Å²) in [5.41, 5.74) is 0.0644. The van der Waals surface area contributed by atoms with E-state index in [2.05, 4.69) is 5.92 Å². The summed E-state index contributed by atoms with van der Waals surface area (Å²) in [4.78, 5) is 13.2. The highest BCUT2D eigenvalue weighted by molar-refractivity contribution is 5.94. The fraction of sp³-hybridized carbons (Fsp3) is 0.250. The Kier molecular flexibility index (Phi) is 3.87. The Labute approximate surface area is 88.7 Å². The molecule has 0 aliphatic heterocycles. The zero-order valence-electron chi connectivity index (χ0n) is 8.53. The minimum absolute atomic E-state index is 0.0644. The van der Waals surface area contributed by atoms with Crippen molar-refractivity contribution in [3.8, 4) is 12.3 Å². The van der Waals surface area contributed by atoms with Crippen LogP contribution in [0.1, 0.15) is 17.3 Å². The highest BCUT2D eigenvalue weighted by Crippen LogP contribution is 2.09. The third-order valence-corrected chi connectivity index (χ3v) is 2.06. The smallest absolute Gasteiger partial charge is 0.257 e. The van der Waals surface area contributed by atoms with Crippen LogP contribution in [0.2, 0.25) is 0 Å². The quantitative estimate of drug-likeness (QED) is 0.690. The average molecular weight is 205 g/mol. The first-order valence-corrected chi connectivity index (χ1v) is 4.68. The van der Waals surface area contributed by atoms with Crippen molar-refractivity contribution in [1.82, 2.24) is 4.90 Å². The van der Waals surface area contributed by atoms with Gasteiger partial charge in [-0.05, 0) is 19.1 Å². The number of hydrogen-bond acceptors (Lipinski definition) is 1. The van der Waals surface area contributed by atoms with Crippen LogP contribution in [0.3, 0.4) is 0 Å². The Bertz CT molecular complexity index is 395. The largest absolute Gasteiger partial charge is 0.328 e. The van der Waals surface area contributed by atoms with Crippen LogP contribution in [0, 0.1) is 18.2 Å². The van der Waals surface area contributed by atoms with E-state index < -0.39 is 5.82 Å². The van der Waals surface area contributed by atoms with Crippen molar-refractivity contribution in [2.24, 2.45) is 0 Å². The maximum atomic E-state index is 13.3. The van der Waals surface area contributed by atoms with Gasteiger partial charge in [0.05, 0.1) is 12.1 Å². The van der Waals surface area contributed by atoms with Crippen molar-refractivity contribution in [1.29, 1.82) is 0 Å². The van der Waals surface area contributed by atoms with Crippen LogP contribution < -0.4 is 0 Å². The molecule has 3 heteroatoms. The lowest BCUT2D eigenvalue weighted by molar-refractivity contribution is 0.0780. The zero-order valence-corrected chi connectivity index (χ0v) is 8.53. The summed E-state index contributed by atoms with van der Waals surface area (Å²) in [5, 5.41) is 0. The van der Waals surface area contributed by atoms with Crippen molar-refractivity contribution in [2.45, 2.75) is 6.92 Å². The molecule has 0 aliphatic carbocycles. The molecule has 0 bridgehead atoms. The molecule has 1 rings (SSSR count). The number of nitrogens with zero attached hydrogens (tertiary/aromatic N) is 1. The van der Waals surface area contributed by atoms with Gasteiger partial charge in [-0.15, -0.1) is 6.42 Å². The minimum Gasteiger partial charge on any atom is -0.328 e. The Hall–Kier alpha value is -1.82.